The zero-order valence-corrected chi connectivity index (χ0v) is 12.8. The van der Waals surface area contributed by atoms with Crippen molar-refractivity contribution in [1.29, 1.82) is 0 Å². The lowest BCUT2D eigenvalue weighted by atomic mass is 10.1. The van der Waals surface area contributed by atoms with Gasteiger partial charge in [-0.1, -0.05) is 6.07 Å². The molecule has 2 rings (SSSR count). The molecule has 5 heteroatoms. The highest BCUT2D eigenvalue weighted by atomic mass is 35.5. The van der Waals surface area contributed by atoms with E-state index in [1.165, 1.54) is 10.1 Å². The first-order valence-electron chi connectivity index (χ1n) is 6.04. The average Bonchev–Trinajstić information content (AvgIpc) is 2.81. The van der Waals surface area contributed by atoms with E-state index in [9.17, 15) is 5.11 Å². The van der Waals surface area contributed by atoms with Gasteiger partial charge in [0.1, 0.15) is 6.10 Å². The van der Waals surface area contributed by atoms with Crippen LogP contribution in [0, 0.1) is 0 Å². The number of rotatable bonds is 6. The molecule has 1 heterocycles. The Balaban J connectivity index is 0.00000180. The Hall–Kier alpha value is -0.650. The number of hydrogen-bond acceptors (Lipinski definition) is 4. The maximum atomic E-state index is 10.0. The molecule has 0 aliphatic carbocycles. The molecular weight excluding hydrogens is 282 g/mol. The van der Waals surface area contributed by atoms with Crippen molar-refractivity contribution in [2.24, 2.45) is 0 Å². The van der Waals surface area contributed by atoms with Gasteiger partial charge in [0.15, 0.2) is 0 Å². The third-order valence-electron chi connectivity index (χ3n) is 2.82. The number of thiophene rings is 1. The molecule has 0 amide bonds. The summed E-state index contributed by atoms with van der Waals surface area (Å²) in [6.07, 6.45) is -0.545. The summed E-state index contributed by atoms with van der Waals surface area (Å²) >= 11 is 1.71. The van der Waals surface area contributed by atoms with E-state index in [1.807, 2.05) is 26.2 Å². The van der Waals surface area contributed by atoms with Crippen LogP contribution >= 0.6 is 23.7 Å². The highest BCUT2D eigenvalue weighted by Crippen LogP contribution is 2.24. The predicted octanol–water partition coefficient (Wildman–Crippen LogP) is 2.93. The van der Waals surface area contributed by atoms with Crippen molar-refractivity contribution in [3.05, 3.63) is 35.2 Å². The number of aliphatic hydroxyl groups is 1. The Bertz CT molecular complexity index is 501. The molecule has 0 spiro atoms. The van der Waals surface area contributed by atoms with E-state index in [-0.39, 0.29) is 12.4 Å². The summed E-state index contributed by atoms with van der Waals surface area (Å²) in [6, 6.07) is 8.13. The van der Waals surface area contributed by atoms with Crippen LogP contribution in [0.3, 0.4) is 0 Å². The second-order valence-electron chi connectivity index (χ2n) is 4.61. The SMILES string of the molecule is CN(C)CCOCC(O)c1ccc2sccc2c1.Cl. The normalized spacial score (nSPS) is 12.6. The highest BCUT2D eigenvalue weighted by Gasteiger charge is 2.08. The minimum absolute atomic E-state index is 0. The first-order chi connectivity index (χ1) is 8.66. The summed E-state index contributed by atoms with van der Waals surface area (Å²) in [6.45, 7) is 1.87. The van der Waals surface area contributed by atoms with Gasteiger partial charge in [-0.15, -0.1) is 23.7 Å². The van der Waals surface area contributed by atoms with E-state index < -0.39 is 6.10 Å². The highest BCUT2D eigenvalue weighted by molar-refractivity contribution is 7.17. The van der Waals surface area contributed by atoms with E-state index >= 15 is 0 Å². The monoisotopic (exact) mass is 301 g/mol. The van der Waals surface area contributed by atoms with Crippen LogP contribution in [0.1, 0.15) is 11.7 Å². The molecule has 1 aromatic carbocycles. The summed E-state index contributed by atoms with van der Waals surface area (Å²) in [5.74, 6) is 0. The van der Waals surface area contributed by atoms with Crippen molar-refractivity contribution in [2.75, 3.05) is 33.9 Å². The molecule has 0 saturated carbocycles. The summed E-state index contributed by atoms with van der Waals surface area (Å²) < 4.78 is 6.71. The molecule has 0 saturated heterocycles. The van der Waals surface area contributed by atoms with Crippen LogP contribution in [0.5, 0.6) is 0 Å². The Morgan fingerprint density at radius 3 is 2.84 bits per heavy atom. The van der Waals surface area contributed by atoms with Gasteiger partial charge in [0.2, 0.25) is 0 Å². The zero-order valence-electron chi connectivity index (χ0n) is 11.2. The summed E-state index contributed by atoms with van der Waals surface area (Å²) in [7, 11) is 4.01. The van der Waals surface area contributed by atoms with E-state index in [2.05, 4.69) is 22.4 Å². The lowest BCUT2D eigenvalue weighted by Gasteiger charge is -2.14. The van der Waals surface area contributed by atoms with Gasteiger partial charge in [0.25, 0.3) is 0 Å². The molecule has 1 N–H and O–H groups in total. The number of aliphatic hydroxyl groups excluding tert-OH is 1. The topological polar surface area (TPSA) is 32.7 Å². The molecule has 1 aromatic heterocycles. The molecule has 3 nitrogen and oxygen atoms in total. The van der Waals surface area contributed by atoms with Crippen LogP contribution in [0.25, 0.3) is 10.1 Å². The van der Waals surface area contributed by atoms with Gasteiger partial charge >= 0.3 is 0 Å². The van der Waals surface area contributed by atoms with Crippen LogP contribution in [-0.4, -0.2) is 43.9 Å². The third kappa shape index (κ3) is 4.75. The summed E-state index contributed by atoms with van der Waals surface area (Å²) in [5.41, 5.74) is 0.922. The number of nitrogens with zero attached hydrogens (tertiary/aromatic N) is 1. The van der Waals surface area contributed by atoms with Crippen LogP contribution in [-0.2, 0) is 4.74 Å². The molecule has 106 valence electrons. The Morgan fingerprint density at radius 1 is 1.32 bits per heavy atom. The lowest BCUT2D eigenvalue weighted by Crippen LogP contribution is -2.19. The maximum absolute atomic E-state index is 10.0. The number of hydrogen-bond donors (Lipinski definition) is 1. The molecule has 0 aliphatic heterocycles. The van der Waals surface area contributed by atoms with Gasteiger partial charge < -0.3 is 14.7 Å². The van der Waals surface area contributed by atoms with Gasteiger partial charge in [0, 0.05) is 11.2 Å². The largest absolute Gasteiger partial charge is 0.386 e. The molecule has 1 atom stereocenters. The van der Waals surface area contributed by atoms with Crippen molar-refractivity contribution in [1.82, 2.24) is 4.90 Å². The summed E-state index contributed by atoms with van der Waals surface area (Å²) in [5, 5.41) is 13.3. The third-order valence-corrected chi connectivity index (χ3v) is 3.72. The molecule has 2 aromatic rings. The molecule has 0 bridgehead atoms. The zero-order chi connectivity index (χ0) is 13.0. The second kappa shape index (κ2) is 7.82. The van der Waals surface area contributed by atoms with Gasteiger partial charge in [-0.05, 0) is 48.6 Å². The van der Waals surface area contributed by atoms with Crippen molar-refractivity contribution < 1.29 is 9.84 Å². The number of ether oxygens (including phenoxy) is 1. The van der Waals surface area contributed by atoms with Gasteiger partial charge in [-0.3, -0.25) is 0 Å². The molecule has 1 unspecified atom stereocenters. The first-order valence-corrected chi connectivity index (χ1v) is 6.92. The fraction of sp³-hybridized carbons (Fsp3) is 0.429. The van der Waals surface area contributed by atoms with E-state index in [1.54, 1.807) is 11.3 Å². The predicted molar refractivity (Wildman–Crippen MR) is 83.4 cm³/mol. The molecule has 19 heavy (non-hydrogen) atoms. The number of benzene rings is 1. The smallest absolute Gasteiger partial charge is 0.102 e. The average molecular weight is 302 g/mol. The molecule has 0 aliphatic rings. The van der Waals surface area contributed by atoms with E-state index in [0.717, 1.165) is 12.1 Å². The number of fused-ring (bicyclic) bond motifs is 1. The fourth-order valence-electron chi connectivity index (χ4n) is 1.73. The Kier molecular flexibility index (Phi) is 6.75. The second-order valence-corrected chi connectivity index (χ2v) is 5.56. The quantitative estimate of drug-likeness (QED) is 0.833. The van der Waals surface area contributed by atoms with Crippen molar-refractivity contribution in [3.8, 4) is 0 Å². The maximum Gasteiger partial charge on any atom is 0.102 e. The van der Waals surface area contributed by atoms with E-state index in [4.69, 9.17) is 4.74 Å². The fourth-order valence-corrected chi connectivity index (χ4v) is 2.50. The van der Waals surface area contributed by atoms with Crippen molar-refractivity contribution in [2.45, 2.75) is 6.10 Å². The lowest BCUT2D eigenvalue weighted by molar-refractivity contribution is 0.0307. The first kappa shape index (κ1) is 16.4. The number of halogens is 1. The molecule has 0 fully saturated rings. The van der Waals surface area contributed by atoms with Crippen LogP contribution < -0.4 is 0 Å². The van der Waals surface area contributed by atoms with Gasteiger partial charge in [-0.2, -0.15) is 0 Å². The van der Waals surface area contributed by atoms with Crippen molar-refractivity contribution in [3.63, 3.8) is 0 Å². The van der Waals surface area contributed by atoms with Crippen LogP contribution in [0.2, 0.25) is 0 Å². The van der Waals surface area contributed by atoms with Crippen LogP contribution in [0.4, 0.5) is 0 Å². The summed E-state index contributed by atoms with van der Waals surface area (Å²) in [4.78, 5) is 2.06. The molecule has 0 radical (unpaired) electrons. The van der Waals surface area contributed by atoms with Crippen molar-refractivity contribution >= 4 is 33.8 Å². The minimum Gasteiger partial charge on any atom is -0.386 e. The van der Waals surface area contributed by atoms with Gasteiger partial charge in [-0.25, -0.2) is 0 Å². The standard InChI is InChI=1S/C14H19NO2S.ClH/c1-15(2)6-7-17-10-13(16)11-3-4-14-12(9-11)5-8-18-14;/h3-5,8-9,13,16H,6-7,10H2,1-2H3;1H. The molecular formula is C14H20ClNO2S. The van der Waals surface area contributed by atoms with Crippen LogP contribution in [0.15, 0.2) is 29.6 Å². The Labute approximate surface area is 124 Å². The number of likely N-dealkylation sites (N-methyl/N-ethyl adjacent to an activating group) is 1. The van der Waals surface area contributed by atoms with E-state index in [0.29, 0.717) is 13.2 Å². The van der Waals surface area contributed by atoms with Gasteiger partial charge in [0.05, 0.1) is 13.2 Å². The minimum atomic E-state index is -0.545. The Morgan fingerprint density at radius 2 is 2.11 bits per heavy atom.